The lowest BCUT2D eigenvalue weighted by molar-refractivity contribution is -0.119. The van der Waals surface area contributed by atoms with Crippen LogP contribution < -0.4 is 14.8 Å². The molecule has 0 aromatic heterocycles. The number of ether oxygens (including phenoxy) is 3. The number of nitrogens with one attached hydrogen (secondary N) is 1. The Morgan fingerprint density at radius 3 is 2.24 bits per heavy atom. The molecule has 0 saturated heterocycles. The highest BCUT2D eigenvalue weighted by atomic mass is 35.5. The molecule has 0 spiro atoms. The summed E-state index contributed by atoms with van der Waals surface area (Å²) >= 11 is 6.07. The molecule has 1 N–H and O–H groups in total. The van der Waals surface area contributed by atoms with Crippen molar-refractivity contribution in [2.24, 2.45) is 0 Å². The Labute approximate surface area is 202 Å². The summed E-state index contributed by atoms with van der Waals surface area (Å²) in [6.07, 6.45) is 0. The third-order valence-electron chi connectivity index (χ3n) is 4.65. The molecule has 3 rings (SSSR count). The van der Waals surface area contributed by atoms with Gasteiger partial charge >= 0.3 is 5.97 Å². The van der Waals surface area contributed by atoms with Crippen molar-refractivity contribution in [3.05, 3.63) is 88.4 Å². The van der Waals surface area contributed by atoms with Crippen molar-refractivity contribution >= 4 is 34.9 Å². The molecule has 0 bridgehead atoms. The van der Waals surface area contributed by atoms with Gasteiger partial charge < -0.3 is 19.5 Å². The average molecular weight is 482 g/mol. The third-order valence-corrected chi connectivity index (χ3v) is 4.88. The molecule has 0 heterocycles. The van der Waals surface area contributed by atoms with E-state index in [4.69, 9.17) is 25.8 Å². The number of halogens is 1. The van der Waals surface area contributed by atoms with Gasteiger partial charge in [-0.05, 0) is 50.2 Å². The fraction of sp³-hybridized carbons (Fsp3) is 0.192. The minimum absolute atomic E-state index is 0.214. The van der Waals surface area contributed by atoms with E-state index in [-0.39, 0.29) is 22.6 Å². The van der Waals surface area contributed by atoms with Crippen molar-refractivity contribution in [3.63, 3.8) is 0 Å². The van der Waals surface area contributed by atoms with Crippen molar-refractivity contribution in [2.75, 3.05) is 25.1 Å². The highest BCUT2D eigenvalue weighted by molar-refractivity contribution is 6.31. The molecule has 0 atom stereocenters. The van der Waals surface area contributed by atoms with Crippen LogP contribution in [0, 0.1) is 0 Å². The van der Waals surface area contributed by atoms with Gasteiger partial charge in [-0.2, -0.15) is 0 Å². The van der Waals surface area contributed by atoms with E-state index in [0.717, 1.165) is 0 Å². The molecule has 3 aromatic rings. The highest BCUT2D eigenvalue weighted by Gasteiger charge is 2.18. The lowest BCUT2D eigenvalue weighted by Crippen LogP contribution is -2.22. The summed E-state index contributed by atoms with van der Waals surface area (Å²) in [5.41, 5.74) is 1.16. The molecule has 0 aliphatic rings. The van der Waals surface area contributed by atoms with Crippen molar-refractivity contribution in [1.29, 1.82) is 0 Å². The minimum atomic E-state index is -0.698. The van der Waals surface area contributed by atoms with Crippen LogP contribution in [0.2, 0.25) is 5.02 Å². The number of hydrogen-bond acceptors (Lipinski definition) is 6. The van der Waals surface area contributed by atoms with Crippen LogP contribution in [-0.4, -0.2) is 37.5 Å². The van der Waals surface area contributed by atoms with Crippen LogP contribution >= 0.6 is 11.6 Å². The van der Waals surface area contributed by atoms with Gasteiger partial charge in [0.05, 0.1) is 24.5 Å². The maximum absolute atomic E-state index is 12.9. The molecular weight excluding hydrogens is 458 g/mol. The Hall–Kier alpha value is -3.84. The molecule has 7 nitrogen and oxygen atoms in total. The smallest absolute Gasteiger partial charge is 0.338 e. The largest absolute Gasteiger partial charge is 0.490 e. The number of carbonyl (C=O) groups is 3. The first-order valence-electron chi connectivity index (χ1n) is 10.7. The zero-order chi connectivity index (χ0) is 24.5. The van der Waals surface area contributed by atoms with Gasteiger partial charge in [0.1, 0.15) is 0 Å². The zero-order valence-electron chi connectivity index (χ0n) is 18.8. The van der Waals surface area contributed by atoms with Gasteiger partial charge in [0, 0.05) is 16.1 Å². The molecule has 34 heavy (non-hydrogen) atoms. The first-order chi connectivity index (χ1) is 16.4. The summed E-state index contributed by atoms with van der Waals surface area (Å²) in [6.45, 7) is 3.96. The number of ketones is 1. The zero-order valence-corrected chi connectivity index (χ0v) is 19.6. The first-order valence-corrected chi connectivity index (χ1v) is 11.1. The number of hydrogen-bond donors (Lipinski definition) is 1. The Morgan fingerprint density at radius 1 is 0.824 bits per heavy atom. The number of esters is 1. The standard InChI is InChI=1S/C26H24ClNO6/c1-3-32-22-13-10-18(14-23(22)33-4-2)26(31)34-16-24(29)28-21-12-11-19(27)15-20(21)25(30)17-8-6-5-7-9-17/h5-15H,3-4,16H2,1-2H3,(H,28,29). The quantitative estimate of drug-likeness (QED) is 0.317. The van der Waals surface area contributed by atoms with Gasteiger partial charge in [0.25, 0.3) is 5.91 Å². The monoisotopic (exact) mass is 481 g/mol. The van der Waals surface area contributed by atoms with E-state index in [1.54, 1.807) is 42.5 Å². The van der Waals surface area contributed by atoms with Crippen LogP contribution in [0.15, 0.2) is 66.7 Å². The van der Waals surface area contributed by atoms with Gasteiger partial charge in [-0.25, -0.2) is 4.79 Å². The predicted molar refractivity (Wildman–Crippen MR) is 129 cm³/mol. The maximum Gasteiger partial charge on any atom is 0.338 e. The van der Waals surface area contributed by atoms with Gasteiger partial charge in [-0.15, -0.1) is 0 Å². The van der Waals surface area contributed by atoms with E-state index in [1.165, 1.54) is 24.3 Å². The Balaban J connectivity index is 1.68. The number of amides is 1. The molecule has 0 aliphatic carbocycles. The molecule has 3 aromatic carbocycles. The fourth-order valence-electron chi connectivity index (χ4n) is 3.14. The van der Waals surface area contributed by atoms with E-state index < -0.39 is 18.5 Å². The molecule has 0 saturated carbocycles. The normalized spacial score (nSPS) is 10.3. The van der Waals surface area contributed by atoms with Crippen LogP contribution in [0.1, 0.15) is 40.1 Å². The summed E-state index contributed by atoms with van der Waals surface area (Å²) < 4.78 is 16.1. The number of anilines is 1. The van der Waals surface area contributed by atoms with Crippen molar-refractivity contribution in [2.45, 2.75) is 13.8 Å². The fourth-order valence-corrected chi connectivity index (χ4v) is 3.31. The second-order valence-electron chi connectivity index (χ2n) is 7.04. The molecule has 0 radical (unpaired) electrons. The number of rotatable bonds is 10. The Kier molecular flexibility index (Phi) is 8.65. The van der Waals surface area contributed by atoms with Crippen LogP contribution in [0.3, 0.4) is 0 Å². The molecule has 8 heteroatoms. The van der Waals surface area contributed by atoms with Crippen molar-refractivity contribution < 1.29 is 28.6 Å². The van der Waals surface area contributed by atoms with Gasteiger partial charge in [0.15, 0.2) is 23.9 Å². The SMILES string of the molecule is CCOc1ccc(C(=O)OCC(=O)Nc2ccc(Cl)cc2C(=O)c2ccccc2)cc1OCC. The average Bonchev–Trinajstić information content (AvgIpc) is 2.85. The molecule has 1 amide bonds. The summed E-state index contributed by atoms with van der Waals surface area (Å²) in [5.74, 6) is -0.677. The van der Waals surface area contributed by atoms with Crippen LogP contribution in [0.25, 0.3) is 0 Å². The number of carbonyl (C=O) groups excluding carboxylic acids is 3. The lowest BCUT2D eigenvalue weighted by atomic mass is 10.0. The highest BCUT2D eigenvalue weighted by Crippen LogP contribution is 2.29. The molecule has 0 unspecified atom stereocenters. The summed E-state index contributed by atoms with van der Waals surface area (Å²) in [4.78, 5) is 37.8. The van der Waals surface area contributed by atoms with Crippen LogP contribution in [0.4, 0.5) is 5.69 Å². The first kappa shape index (κ1) is 24.8. The Morgan fingerprint density at radius 2 is 1.53 bits per heavy atom. The second kappa shape index (κ2) is 11.9. The van der Waals surface area contributed by atoms with Crippen molar-refractivity contribution in [3.8, 4) is 11.5 Å². The second-order valence-corrected chi connectivity index (χ2v) is 7.47. The van der Waals surface area contributed by atoms with Gasteiger partial charge in [-0.1, -0.05) is 41.9 Å². The predicted octanol–water partition coefficient (Wildman–Crippen LogP) is 5.16. The molecule has 0 fully saturated rings. The van der Waals surface area contributed by atoms with Crippen molar-refractivity contribution in [1.82, 2.24) is 0 Å². The maximum atomic E-state index is 12.9. The molecule has 176 valence electrons. The van der Waals surface area contributed by atoms with E-state index in [1.807, 2.05) is 13.8 Å². The summed E-state index contributed by atoms with van der Waals surface area (Å²) in [5, 5.41) is 2.96. The van der Waals surface area contributed by atoms with Gasteiger partial charge in [-0.3, -0.25) is 9.59 Å². The van der Waals surface area contributed by atoms with E-state index in [0.29, 0.717) is 35.3 Å². The Bertz CT molecular complexity index is 1180. The topological polar surface area (TPSA) is 90.9 Å². The molecule has 0 aliphatic heterocycles. The lowest BCUT2D eigenvalue weighted by Gasteiger charge is -2.13. The summed E-state index contributed by atoms with van der Waals surface area (Å²) in [7, 11) is 0. The van der Waals surface area contributed by atoms with E-state index in [2.05, 4.69) is 5.32 Å². The van der Waals surface area contributed by atoms with Crippen LogP contribution in [-0.2, 0) is 9.53 Å². The third kappa shape index (κ3) is 6.36. The van der Waals surface area contributed by atoms with Gasteiger partial charge in [0.2, 0.25) is 0 Å². The van der Waals surface area contributed by atoms with E-state index >= 15 is 0 Å². The molecular formula is C26H24ClNO6. The number of benzene rings is 3. The van der Waals surface area contributed by atoms with E-state index in [9.17, 15) is 14.4 Å². The summed E-state index contributed by atoms with van der Waals surface area (Å²) in [6, 6.07) is 17.8. The minimum Gasteiger partial charge on any atom is -0.490 e. The van der Waals surface area contributed by atoms with Crippen LogP contribution in [0.5, 0.6) is 11.5 Å².